The SMILES string of the molecule is COC(=O)C(C)NC(=O)[C@@H]1Cc2ccccc2CN1. The molecule has 2 rings (SSSR count). The Kier molecular flexibility index (Phi) is 4.16. The Morgan fingerprint density at radius 2 is 2.05 bits per heavy atom. The van der Waals surface area contributed by atoms with Gasteiger partial charge >= 0.3 is 5.97 Å². The number of esters is 1. The highest BCUT2D eigenvalue weighted by Crippen LogP contribution is 2.16. The molecule has 5 nitrogen and oxygen atoms in total. The van der Waals surface area contributed by atoms with Gasteiger partial charge in [-0.3, -0.25) is 4.79 Å². The van der Waals surface area contributed by atoms with E-state index < -0.39 is 12.0 Å². The summed E-state index contributed by atoms with van der Waals surface area (Å²) in [4.78, 5) is 23.3. The summed E-state index contributed by atoms with van der Waals surface area (Å²) < 4.78 is 4.58. The zero-order valence-corrected chi connectivity index (χ0v) is 11.1. The second-order valence-corrected chi connectivity index (χ2v) is 4.66. The Morgan fingerprint density at radius 3 is 2.74 bits per heavy atom. The average molecular weight is 262 g/mol. The number of nitrogens with one attached hydrogen (secondary N) is 2. The predicted molar refractivity (Wildman–Crippen MR) is 70.4 cm³/mol. The van der Waals surface area contributed by atoms with Gasteiger partial charge in [-0.2, -0.15) is 0 Å². The van der Waals surface area contributed by atoms with E-state index in [4.69, 9.17) is 0 Å². The standard InChI is InChI=1S/C14H18N2O3/c1-9(14(18)19-2)16-13(17)12-7-10-5-3-4-6-11(10)8-15-12/h3-6,9,12,15H,7-8H2,1-2H3,(H,16,17)/t9?,12-/m0/s1. The van der Waals surface area contributed by atoms with Crippen LogP contribution in [-0.2, 0) is 27.3 Å². The summed E-state index contributed by atoms with van der Waals surface area (Å²) in [7, 11) is 1.31. The fraction of sp³-hybridized carbons (Fsp3) is 0.429. The number of benzene rings is 1. The molecule has 0 aromatic heterocycles. The van der Waals surface area contributed by atoms with Gasteiger partial charge in [0, 0.05) is 6.54 Å². The van der Waals surface area contributed by atoms with Crippen LogP contribution in [0.15, 0.2) is 24.3 Å². The lowest BCUT2D eigenvalue weighted by Gasteiger charge is -2.26. The van der Waals surface area contributed by atoms with Crippen molar-refractivity contribution < 1.29 is 14.3 Å². The van der Waals surface area contributed by atoms with Crippen LogP contribution in [0.4, 0.5) is 0 Å². The molecule has 1 amide bonds. The molecule has 0 radical (unpaired) electrons. The molecule has 2 atom stereocenters. The lowest BCUT2D eigenvalue weighted by atomic mass is 9.95. The number of ether oxygens (including phenoxy) is 1. The van der Waals surface area contributed by atoms with Crippen LogP contribution in [-0.4, -0.2) is 31.1 Å². The monoisotopic (exact) mass is 262 g/mol. The van der Waals surface area contributed by atoms with Crippen molar-refractivity contribution in [1.29, 1.82) is 0 Å². The van der Waals surface area contributed by atoms with Gasteiger partial charge in [0.2, 0.25) is 5.91 Å². The van der Waals surface area contributed by atoms with Crippen LogP contribution in [0.1, 0.15) is 18.1 Å². The van der Waals surface area contributed by atoms with Crippen LogP contribution in [0.2, 0.25) is 0 Å². The summed E-state index contributed by atoms with van der Waals surface area (Å²) in [5.41, 5.74) is 2.39. The van der Waals surface area contributed by atoms with Crippen LogP contribution in [0.25, 0.3) is 0 Å². The normalized spacial score (nSPS) is 19.2. The first kappa shape index (κ1) is 13.5. The second-order valence-electron chi connectivity index (χ2n) is 4.66. The maximum atomic E-state index is 12.1. The maximum absolute atomic E-state index is 12.1. The molecular formula is C14H18N2O3. The first-order valence-electron chi connectivity index (χ1n) is 6.30. The van der Waals surface area contributed by atoms with Gasteiger partial charge in [-0.1, -0.05) is 24.3 Å². The molecule has 1 heterocycles. The number of carbonyl (C=O) groups excluding carboxylic acids is 2. The Balaban J connectivity index is 1.97. The molecule has 0 fully saturated rings. The number of rotatable bonds is 3. The molecule has 0 saturated carbocycles. The van der Waals surface area contributed by atoms with Crippen molar-refractivity contribution in [3.05, 3.63) is 35.4 Å². The molecule has 19 heavy (non-hydrogen) atoms. The van der Waals surface area contributed by atoms with E-state index in [1.807, 2.05) is 24.3 Å². The van der Waals surface area contributed by atoms with Crippen LogP contribution in [0.3, 0.4) is 0 Å². The van der Waals surface area contributed by atoms with Gasteiger partial charge in [0.15, 0.2) is 0 Å². The van der Waals surface area contributed by atoms with Gasteiger partial charge in [-0.25, -0.2) is 4.79 Å². The smallest absolute Gasteiger partial charge is 0.328 e. The lowest BCUT2D eigenvalue weighted by Crippen LogP contribution is -2.51. The van der Waals surface area contributed by atoms with E-state index in [2.05, 4.69) is 15.4 Å². The second kappa shape index (κ2) is 5.84. The van der Waals surface area contributed by atoms with Gasteiger partial charge in [0.05, 0.1) is 13.2 Å². The highest BCUT2D eigenvalue weighted by Gasteiger charge is 2.26. The highest BCUT2D eigenvalue weighted by atomic mass is 16.5. The van der Waals surface area contributed by atoms with Crippen LogP contribution in [0.5, 0.6) is 0 Å². The van der Waals surface area contributed by atoms with Gasteiger partial charge in [0.1, 0.15) is 6.04 Å². The molecule has 1 aliphatic heterocycles. The molecule has 0 aliphatic carbocycles. The molecule has 2 N–H and O–H groups in total. The van der Waals surface area contributed by atoms with Gasteiger partial charge in [-0.15, -0.1) is 0 Å². The van der Waals surface area contributed by atoms with Crippen LogP contribution >= 0.6 is 0 Å². The summed E-state index contributed by atoms with van der Waals surface area (Å²) in [5.74, 6) is -0.614. The molecule has 1 unspecified atom stereocenters. The minimum Gasteiger partial charge on any atom is -0.467 e. The van der Waals surface area contributed by atoms with Gasteiger partial charge in [0.25, 0.3) is 0 Å². The van der Waals surface area contributed by atoms with E-state index in [-0.39, 0.29) is 11.9 Å². The topological polar surface area (TPSA) is 67.4 Å². The Morgan fingerprint density at radius 1 is 1.37 bits per heavy atom. The molecule has 1 aliphatic rings. The van der Waals surface area contributed by atoms with E-state index in [9.17, 15) is 9.59 Å². The fourth-order valence-corrected chi connectivity index (χ4v) is 2.19. The van der Waals surface area contributed by atoms with Gasteiger partial charge < -0.3 is 15.4 Å². The maximum Gasteiger partial charge on any atom is 0.328 e. The summed E-state index contributed by atoms with van der Waals surface area (Å²) in [6, 6.07) is 7.10. The Hall–Kier alpha value is -1.88. The third-order valence-corrected chi connectivity index (χ3v) is 3.31. The van der Waals surface area contributed by atoms with Crippen LogP contribution < -0.4 is 10.6 Å². The molecule has 0 spiro atoms. The highest BCUT2D eigenvalue weighted by molar-refractivity contribution is 5.87. The summed E-state index contributed by atoms with van der Waals surface area (Å²) in [6.07, 6.45) is 0.635. The minimum atomic E-state index is -0.628. The number of fused-ring (bicyclic) bond motifs is 1. The molecular weight excluding hydrogens is 244 g/mol. The molecule has 0 bridgehead atoms. The molecule has 102 valence electrons. The van der Waals surface area contributed by atoms with E-state index in [1.165, 1.54) is 18.2 Å². The van der Waals surface area contributed by atoms with Crippen LogP contribution in [0, 0.1) is 0 Å². The fourth-order valence-electron chi connectivity index (χ4n) is 2.19. The summed E-state index contributed by atoms with van der Waals surface area (Å²) >= 11 is 0. The minimum absolute atomic E-state index is 0.174. The summed E-state index contributed by atoms with van der Waals surface area (Å²) in [6.45, 7) is 2.28. The van der Waals surface area contributed by atoms with Crippen molar-refractivity contribution in [2.24, 2.45) is 0 Å². The number of methoxy groups -OCH3 is 1. The Labute approximate surface area is 112 Å². The van der Waals surface area contributed by atoms with Crippen molar-refractivity contribution in [3.8, 4) is 0 Å². The van der Waals surface area contributed by atoms with E-state index >= 15 is 0 Å². The van der Waals surface area contributed by atoms with E-state index in [1.54, 1.807) is 6.92 Å². The lowest BCUT2D eigenvalue weighted by molar-refractivity contribution is -0.144. The first-order chi connectivity index (χ1) is 9.11. The zero-order valence-electron chi connectivity index (χ0n) is 11.1. The molecule has 1 aromatic rings. The molecule has 5 heteroatoms. The van der Waals surface area contributed by atoms with Crippen molar-refractivity contribution in [1.82, 2.24) is 10.6 Å². The van der Waals surface area contributed by atoms with Crippen molar-refractivity contribution in [3.63, 3.8) is 0 Å². The van der Waals surface area contributed by atoms with E-state index in [0.29, 0.717) is 13.0 Å². The third-order valence-electron chi connectivity index (χ3n) is 3.31. The third kappa shape index (κ3) is 3.12. The zero-order chi connectivity index (χ0) is 13.8. The number of hydrogen-bond acceptors (Lipinski definition) is 4. The summed E-state index contributed by atoms with van der Waals surface area (Å²) in [5, 5.41) is 5.83. The first-order valence-corrected chi connectivity index (χ1v) is 6.30. The van der Waals surface area contributed by atoms with Crippen molar-refractivity contribution >= 4 is 11.9 Å². The average Bonchev–Trinajstić information content (AvgIpc) is 2.45. The van der Waals surface area contributed by atoms with Crippen molar-refractivity contribution in [2.75, 3.05) is 7.11 Å². The largest absolute Gasteiger partial charge is 0.467 e. The predicted octanol–water partition coefficient (Wildman–Crippen LogP) is 0.379. The van der Waals surface area contributed by atoms with Gasteiger partial charge in [-0.05, 0) is 24.5 Å². The quantitative estimate of drug-likeness (QED) is 0.773. The number of carbonyl (C=O) groups is 2. The number of hydrogen-bond donors (Lipinski definition) is 2. The Bertz CT molecular complexity index is 487. The van der Waals surface area contributed by atoms with Crippen molar-refractivity contribution in [2.45, 2.75) is 32.0 Å². The molecule has 0 saturated heterocycles. The number of amides is 1. The molecule has 1 aromatic carbocycles. The van der Waals surface area contributed by atoms with E-state index in [0.717, 1.165) is 0 Å².